The molecule has 0 radical (unpaired) electrons. The molecule has 23 heavy (non-hydrogen) atoms. The molecule has 0 spiro atoms. The second-order valence-electron chi connectivity index (χ2n) is 5.66. The summed E-state index contributed by atoms with van der Waals surface area (Å²) in [5.41, 5.74) is 2.11. The van der Waals surface area contributed by atoms with Crippen molar-refractivity contribution in [3.8, 4) is 0 Å². The van der Waals surface area contributed by atoms with Crippen LogP contribution in [-0.2, 0) is 6.54 Å². The monoisotopic (exact) mass is 328 g/mol. The zero-order valence-electron chi connectivity index (χ0n) is 12.6. The van der Waals surface area contributed by atoms with Gasteiger partial charge in [-0.15, -0.1) is 0 Å². The van der Waals surface area contributed by atoms with E-state index in [9.17, 15) is 0 Å². The Kier molecular flexibility index (Phi) is 3.85. The van der Waals surface area contributed by atoms with Crippen molar-refractivity contribution in [1.82, 2.24) is 24.5 Å². The molecule has 3 aromatic heterocycles. The Balaban J connectivity index is 1.41. The number of piperazine rings is 1. The normalized spacial score (nSPS) is 16.1. The van der Waals surface area contributed by atoms with Gasteiger partial charge in [0.05, 0.1) is 11.2 Å². The minimum Gasteiger partial charge on any atom is -0.354 e. The summed E-state index contributed by atoms with van der Waals surface area (Å²) >= 11 is 5.90. The van der Waals surface area contributed by atoms with Crippen molar-refractivity contribution in [3.05, 3.63) is 53.6 Å². The first-order valence-electron chi connectivity index (χ1n) is 7.66. The Morgan fingerprint density at radius 2 is 1.91 bits per heavy atom. The van der Waals surface area contributed by atoms with Crippen LogP contribution in [0.5, 0.6) is 0 Å². The zero-order chi connectivity index (χ0) is 15.6. The number of pyridine rings is 1. The molecule has 0 bridgehead atoms. The molecule has 0 atom stereocenters. The van der Waals surface area contributed by atoms with Crippen LogP contribution < -0.4 is 4.90 Å². The largest absolute Gasteiger partial charge is 0.354 e. The molecule has 0 N–H and O–H groups in total. The predicted octanol–water partition coefficient (Wildman–Crippen LogP) is 2.10. The van der Waals surface area contributed by atoms with Gasteiger partial charge in [0.1, 0.15) is 5.82 Å². The van der Waals surface area contributed by atoms with E-state index < -0.39 is 0 Å². The average Bonchev–Trinajstić information content (AvgIpc) is 3.00. The van der Waals surface area contributed by atoms with Crippen LogP contribution in [0.1, 0.15) is 5.56 Å². The van der Waals surface area contributed by atoms with Gasteiger partial charge in [0.2, 0.25) is 0 Å². The van der Waals surface area contributed by atoms with Gasteiger partial charge in [0.25, 0.3) is 0 Å². The van der Waals surface area contributed by atoms with Crippen molar-refractivity contribution in [2.24, 2.45) is 0 Å². The van der Waals surface area contributed by atoms with Crippen LogP contribution in [0.15, 0.2) is 43.0 Å². The zero-order valence-corrected chi connectivity index (χ0v) is 13.4. The van der Waals surface area contributed by atoms with Crippen molar-refractivity contribution < 1.29 is 0 Å². The van der Waals surface area contributed by atoms with Crippen LogP contribution in [0.2, 0.25) is 5.02 Å². The molecule has 0 unspecified atom stereocenters. The van der Waals surface area contributed by atoms with Gasteiger partial charge in [-0.05, 0) is 18.2 Å². The Morgan fingerprint density at radius 3 is 2.70 bits per heavy atom. The molecule has 4 rings (SSSR count). The molecule has 0 saturated carbocycles. The Morgan fingerprint density at radius 1 is 1.04 bits per heavy atom. The van der Waals surface area contributed by atoms with E-state index in [1.165, 1.54) is 5.56 Å². The van der Waals surface area contributed by atoms with Crippen molar-refractivity contribution >= 4 is 23.1 Å². The van der Waals surface area contributed by atoms with Crippen molar-refractivity contribution in [2.75, 3.05) is 31.1 Å². The lowest BCUT2D eigenvalue weighted by Crippen LogP contribution is -2.46. The highest BCUT2D eigenvalue weighted by Gasteiger charge is 2.19. The third kappa shape index (κ3) is 3.00. The van der Waals surface area contributed by atoms with E-state index in [1.54, 1.807) is 6.20 Å². The van der Waals surface area contributed by atoms with Crippen LogP contribution in [0.4, 0.5) is 5.82 Å². The first-order chi connectivity index (χ1) is 11.3. The SMILES string of the molecule is Clc1ccc(N2CCN(Cc3cnn4cccnc34)CC2)nc1. The average molecular weight is 329 g/mol. The van der Waals surface area contributed by atoms with Crippen LogP contribution in [-0.4, -0.2) is 50.7 Å². The van der Waals surface area contributed by atoms with Gasteiger partial charge >= 0.3 is 0 Å². The summed E-state index contributed by atoms with van der Waals surface area (Å²) in [6.45, 7) is 4.79. The fourth-order valence-corrected chi connectivity index (χ4v) is 3.03. The summed E-state index contributed by atoms with van der Waals surface area (Å²) in [6, 6.07) is 5.76. The molecule has 7 heteroatoms. The number of fused-ring (bicyclic) bond motifs is 1. The Bertz CT molecular complexity index is 792. The van der Waals surface area contributed by atoms with Gasteiger partial charge < -0.3 is 4.90 Å². The van der Waals surface area contributed by atoms with Gasteiger partial charge in [-0.3, -0.25) is 4.90 Å². The van der Waals surface area contributed by atoms with Crippen molar-refractivity contribution in [2.45, 2.75) is 6.54 Å². The van der Waals surface area contributed by atoms with Crippen molar-refractivity contribution in [1.29, 1.82) is 0 Å². The number of aromatic nitrogens is 4. The summed E-state index contributed by atoms with van der Waals surface area (Å²) < 4.78 is 1.82. The summed E-state index contributed by atoms with van der Waals surface area (Å²) in [6.07, 6.45) is 7.35. The number of anilines is 1. The lowest BCUT2D eigenvalue weighted by molar-refractivity contribution is 0.250. The second kappa shape index (κ2) is 6.14. The maximum atomic E-state index is 5.90. The van der Waals surface area contributed by atoms with Crippen LogP contribution in [0.3, 0.4) is 0 Å². The highest BCUT2D eigenvalue weighted by atomic mass is 35.5. The fourth-order valence-electron chi connectivity index (χ4n) is 2.92. The van der Waals surface area contributed by atoms with E-state index in [2.05, 4.69) is 24.9 Å². The lowest BCUT2D eigenvalue weighted by Gasteiger charge is -2.35. The number of halogens is 1. The molecule has 118 valence electrons. The van der Waals surface area contributed by atoms with Gasteiger partial charge in [-0.1, -0.05) is 11.6 Å². The van der Waals surface area contributed by atoms with Crippen LogP contribution >= 0.6 is 11.6 Å². The van der Waals surface area contributed by atoms with E-state index in [4.69, 9.17) is 11.6 Å². The maximum Gasteiger partial charge on any atom is 0.159 e. The van der Waals surface area contributed by atoms with Crippen LogP contribution in [0.25, 0.3) is 5.65 Å². The minimum absolute atomic E-state index is 0.674. The van der Waals surface area contributed by atoms with E-state index in [0.717, 1.165) is 44.2 Å². The first-order valence-corrected chi connectivity index (χ1v) is 8.03. The molecule has 1 aliphatic rings. The summed E-state index contributed by atoms with van der Waals surface area (Å²) in [5, 5.41) is 5.02. The third-order valence-electron chi connectivity index (χ3n) is 4.15. The molecule has 1 saturated heterocycles. The second-order valence-corrected chi connectivity index (χ2v) is 6.09. The van der Waals surface area contributed by atoms with Crippen molar-refractivity contribution in [3.63, 3.8) is 0 Å². The Labute approximate surface area is 139 Å². The lowest BCUT2D eigenvalue weighted by atomic mass is 10.2. The molecule has 0 aliphatic carbocycles. The van der Waals surface area contributed by atoms with E-state index in [-0.39, 0.29) is 0 Å². The maximum absolute atomic E-state index is 5.90. The number of hydrogen-bond donors (Lipinski definition) is 0. The van der Waals surface area contributed by atoms with Crippen LogP contribution in [0, 0.1) is 0 Å². The molecule has 3 aromatic rings. The highest BCUT2D eigenvalue weighted by molar-refractivity contribution is 6.30. The predicted molar refractivity (Wildman–Crippen MR) is 89.7 cm³/mol. The van der Waals surface area contributed by atoms with E-state index in [1.807, 2.05) is 41.3 Å². The molecule has 6 nitrogen and oxygen atoms in total. The molecule has 4 heterocycles. The third-order valence-corrected chi connectivity index (χ3v) is 4.38. The van der Waals surface area contributed by atoms with Gasteiger partial charge in [-0.2, -0.15) is 5.10 Å². The number of hydrogen-bond acceptors (Lipinski definition) is 5. The van der Waals surface area contributed by atoms with Gasteiger partial charge in [0, 0.05) is 56.9 Å². The quantitative estimate of drug-likeness (QED) is 0.737. The minimum atomic E-state index is 0.674. The topological polar surface area (TPSA) is 49.6 Å². The number of nitrogens with zero attached hydrogens (tertiary/aromatic N) is 6. The molecular weight excluding hydrogens is 312 g/mol. The Hall–Kier alpha value is -2.18. The molecule has 1 fully saturated rings. The fraction of sp³-hybridized carbons (Fsp3) is 0.312. The molecule has 1 aliphatic heterocycles. The summed E-state index contributed by atoms with van der Waals surface area (Å²) in [4.78, 5) is 13.5. The molecule has 0 aromatic carbocycles. The molecular formula is C16H17ClN6. The molecule has 0 amide bonds. The standard InChI is InChI=1S/C16H17ClN6/c17-14-2-3-15(19-11-14)22-8-6-21(7-9-22)12-13-10-20-23-5-1-4-18-16(13)23/h1-5,10-11H,6-9,12H2. The summed E-state index contributed by atoms with van der Waals surface area (Å²) in [7, 11) is 0. The van der Waals surface area contributed by atoms with E-state index in [0.29, 0.717) is 5.02 Å². The van der Waals surface area contributed by atoms with Gasteiger partial charge in [-0.25, -0.2) is 14.5 Å². The highest BCUT2D eigenvalue weighted by Crippen LogP contribution is 2.18. The van der Waals surface area contributed by atoms with Gasteiger partial charge in [0.15, 0.2) is 5.65 Å². The van der Waals surface area contributed by atoms with E-state index >= 15 is 0 Å². The smallest absolute Gasteiger partial charge is 0.159 e. The first kappa shape index (κ1) is 14.4. The summed E-state index contributed by atoms with van der Waals surface area (Å²) in [5.74, 6) is 0.992. The number of rotatable bonds is 3.